The molecule has 1 aliphatic carbocycles. The van der Waals surface area contributed by atoms with E-state index >= 15 is 4.39 Å². The Morgan fingerprint density at radius 1 is 1.22 bits per heavy atom. The van der Waals surface area contributed by atoms with Crippen LogP contribution in [0.1, 0.15) is 26.2 Å². The molecule has 1 aliphatic heterocycles. The molecule has 3 aromatic heterocycles. The van der Waals surface area contributed by atoms with E-state index in [1.54, 1.807) is 29.8 Å². The number of halogens is 3. The first-order valence-electron chi connectivity index (χ1n) is 12.1. The van der Waals surface area contributed by atoms with Gasteiger partial charge in [-0.2, -0.15) is 4.98 Å². The van der Waals surface area contributed by atoms with Crippen molar-refractivity contribution in [3.05, 3.63) is 30.5 Å². The van der Waals surface area contributed by atoms with Crippen molar-refractivity contribution >= 4 is 22.5 Å². The molecule has 190 valence electrons. The van der Waals surface area contributed by atoms with E-state index in [1.165, 1.54) is 11.8 Å². The van der Waals surface area contributed by atoms with Gasteiger partial charge in [-0.1, -0.05) is 11.3 Å². The normalized spacial score (nSPS) is 23.1. The SMILES string of the molecule is COc1nc(N[C@@H]2CCN(C3CC3)CC2(C)F)nn2ccc(-c3ccc4nnn(CC(F)F)c4c3)c12. The number of ether oxygens (including phenoxy) is 1. The van der Waals surface area contributed by atoms with Gasteiger partial charge in [0.15, 0.2) is 0 Å². The lowest BCUT2D eigenvalue weighted by Crippen LogP contribution is -2.56. The van der Waals surface area contributed by atoms with E-state index in [0.29, 0.717) is 41.4 Å². The largest absolute Gasteiger partial charge is 0.479 e. The number of aromatic nitrogens is 6. The number of nitrogens with one attached hydrogen (secondary N) is 1. The molecule has 0 radical (unpaired) electrons. The van der Waals surface area contributed by atoms with Crippen LogP contribution in [-0.4, -0.2) is 78.9 Å². The van der Waals surface area contributed by atoms with Gasteiger partial charge in [0.2, 0.25) is 11.8 Å². The highest BCUT2D eigenvalue weighted by atomic mass is 19.3. The molecule has 2 aliphatic rings. The lowest BCUT2D eigenvalue weighted by molar-refractivity contribution is 0.0436. The van der Waals surface area contributed by atoms with Crippen LogP contribution in [0.2, 0.25) is 0 Å². The van der Waals surface area contributed by atoms with Gasteiger partial charge in [-0.05, 0) is 49.9 Å². The Kier molecular flexibility index (Phi) is 5.51. The second-order valence-corrected chi connectivity index (χ2v) is 9.80. The van der Waals surface area contributed by atoms with Gasteiger partial charge in [-0.3, -0.25) is 4.90 Å². The highest BCUT2D eigenvalue weighted by molar-refractivity contribution is 5.89. The standard InChI is InChI=1S/C24H27F3N8O/c1-24(27)13-33(15-4-5-15)9-8-19(24)28-23-29-22(36-2)21-16(7-10-34(21)31-23)14-3-6-17-18(11-14)35(32-30-17)12-20(25)26/h3,6-7,10-11,15,19-20H,4-5,8-9,12-13H2,1-2H3,(H,28,31)/t19-,24?/m1/s1. The van der Waals surface area contributed by atoms with E-state index in [1.807, 2.05) is 12.1 Å². The third kappa shape index (κ3) is 4.12. The number of piperidine rings is 1. The number of methoxy groups -OCH3 is 1. The zero-order chi connectivity index (χ0) is 25.0. The summed E-state index contributed by atoms with van der Waals surface area (Å²) in [6.07, 6.45) is 2.19. The molecule has 2 atom stereocenters. The molecule has 0 bridgehead atoms. The predicted octanol–water partition coefficient (Wildman–Crippen LogP) is 3.79. The van der Waals surface area contributed by atoms with E-state index in [-0.39, 0.29) is 5.95 Å². The third-order valence-corrected chi connectivity index (χ3v) is 7.12. The molecule has 36 heavy (non-hydrogen) atoms. The number of likely N-dealkylation sites (tertiary alicyclic amines) is 1. The molecule has 1 saturated heterocycles. The highest BCUT2D eigenvalue weighted by Gasteiger charge is 2.44. The second-order valence-electron chi connectivity index (χ2n) is 9.80. The van der Waals surface area contributed by atoms with Gasteiger partial charge in [-0.25, -0.2) is 22.4 Å². The number of benzene rings is 1. The van der Waals surface area contributed by atoms with Crippen LogP contribution in [-0.2, 0) is 6.54 Å². The molecule has 4 heterocycles. The zero-order valence-corrected chi connectivity index (χ0v) is 20.0. The van der Waals surface area contributed by atoms with Crippen LogP contribution in [0.5, 0.6) is 5.88 Å². The van der Waals surface area contributed by atoms with Gasteiger partial charge in [-0.15, -0.1) is 10.2 Å². The lowest BCUT2D eigenvalue weighted by atomic mass is 9.90. The Labute approximate surface area is 205 Å². The fraction of sp³-hybridized carbons (Fsp3) is 0.500. The van der Waals surface area contributed by atoms with Gasteiger partial charge >= 0.3 is 0 Å². The maximum atomic E-state index is 15.5. The molecule has 0 amide bonds. The van der Waals surface area contributed by atoms with Crippen LogP contribution in [0.3, 0.4) is 0 Å². The van der Waals surface area contributed by atoms with Crippen molar-refractivity contribution in [1.82, 2.24) is 34.5 Å². The van der Waals surface area contributed by atoms with E-state index in [4.69, 9.17) is 4.74 Å². The molecule has 12 heteroatoms. The minimum atomic E-state index is -2.54. The van der Waals surface area contributed by atoms with Crippen molar-refractivity contribution in [3.63, 3.8) is 0 Å². The van der Waals surface area contributed by atoms with Crippen LogP contribution >= 0.6 is 0 Å². The Morgan fingerprint density at radius 3 is 2.78 bits per heavy atom. The average Bonchev–Trinajstić information content (AvgIpc) is 3.50. The summed E-state index contributed by atoms with van der Waals surface area (Å²) in [7, 11) is 1.51. The number of hydrogen-bond donors (Lipinski definition) is 1. The van der Waals surface area contributed by atoms with Crippen LogP contribution in [0.4, 0.5) is 19.1 Å². The molecule has 9 nitrogen and oxygen atoms in total. The molecular weight excluding hydrogens is 473 g/mol. The average molecular weight is 501 g/mol. The van der Waals surface area contributed by atoms with E-state index in [0.717, 1.165) is 30.5 Å². The zero-order valence-electron chi connectivity index (χ0n) is 20.0. The van der Waals surface area contributed by atoms with Crippen molar-refractivity contribution < 1.29 is 17.9 Å². The molecule has 1 aromatic carbocycles. The summed E-state index contributed by atoms with van der Waals surface area (Å²) in [4.78, 5) is 6.78. The molecule has 6 rings (SSSR count). The van der Waals surface area contributed by atoms with E-state index < -0.39 is 24.7 Å². The van der Waals surface area contributed by atoms with Crippen molar-refractivity contribution in [2.75, 3.05) is 25.5 Å². The van der Waals surface area contributed by atoms with Crippen LogP contribution in [0, 0.1) is 0 Å². The fourth-order valence-corrected chi connectivity index (χ4v) is 5.14. The lowest BCUT2D eigenvalue weighted by Gasteiger charge is -2.41. The summed E-state index contributed by atoms with van der Waals surface area (Å²) in [5.74, 6) is 0.604. The predicted molar refractivity (Wildman–Crippen MR) is 128 cm³/mol. The molecule has 1 unspecified atom stereocenters. The molecular formula is C24H27F3N8O. The number of fused-ring (bicyclic) bond motifs is 2. The second kappa shape index (κ2) is 8.61. The number of alkyl halides is 3. The minimum absolute atomic E-state index is 0.282. The Bertz CT molecular complexity index is 1410. The maximum absolute atomic E-state index is 15.5. The van der Waals surface area contributed by atoms with Crippen molar-refractivity contribution in [2.24, 2.45) is 0 Å². The third-order valence-electron chi connectivity index (χ3n) is 7.12. The van der Waals surface area contributed by atoms with Gasteiger partial charge in [0, 0.05) is 30.9 Å². The van der Waals surface area contributed by atoms with Crippen molar-refractivity contribution in [2.45, 2.75) is 56.9 Å². The summed E-state index contributed by atoms with van der Waals surface area (Å²) in [6.45, 7) is 2.33. The minimum Gasteiger partial charge on any atom is -0.479 e. The van der Waals surface area contributed by atoms with Gasteiger partial charge in [0.25, 0.3) is 6.43 Å². The van der Waals surface area contributed by atoms with Crippen molar-refractivity contribution in [1.29, 1.82) is 0 Å². The van der Waals surface area contributed by atoms with Crippen LogP contribution in [0.25, 0.3) is 27.7 Å². The van der Waals surface area contributed by atoms with Crippen molar-refractivity contribution in [3.8, 4) is 17.0 Å². The van der Waals surface area contributed by atoms with E-state index in [2.05, 4.69) is 30.6 Å². The smallest absolute Gasteiger partial charge is 0.258 e. The van der Waals surface area contributed by atoms with Gasteiger partial charge in [0.05, 0.1) is 18.7 Å². The van der Waals surface area contributed by atoms with Gasteiger partial charge < -0.3 is 10.1 Å². The van der Waals surface area contributed by atoms with Gasteiger partial charge in [0.1, 0.15) is 23.2 Å². The molecule has 0 spiro atoms. The first-order valence-corrected chi connectivity index (χ1v) is 12.1. The quantitative estimate of drug-likeness (QED) is 0.413. The van der Waals surface area contributed by atoms with Crippen LogP contribution < -0.4 is 10.1 Å². The molecule has 2 fully saturated rings. The summed E-state index contributed by atoms with van der Waals surface area (Å²) < 4.78 is 49.9. The molecule has 1 N–H and O–H groups in total. The Morgan fingerprint density at radius 2 is 2.06 bits per heavy atom. The van der Waals surface area contributed by atoms with Crippen LogP contribution in [0.15, 0.2) is 30.5 Å². The first-order chi connectivity index (χ1) is 17.3. The number of rotatable bonds is 7. The fourth-order valence-electron chi connectivity index (χ4n) is 5.14. The van der Waals surface area contributed by atoms with E-state index in [9.17, 15) is 8.78 Å². The monoisotopic (exact) mass is 500 g/mol. The summed E-state index contributed by atoms with van der Waals surface area (Å²) in [5, 5.41) is 15.6. The topological polar surface area (TPSA) is 85.4 Å². The first kappa shape index (κ1) is 23.0. The Hall–Kier alpha value is -3.41. The number of hydrogen-bond acceptors (Lipinski definition) is 7. The summed E-state index contributed by atoms with van der Waals surface area (Å²) in [6, 6.07) is 7.30. The maximum Gasteiger partial charge on any atom is 0.258 e. The molecule has 4 aromatic rings. The summed E-state index contributed by atoms with van der Waals surface area (Å²) >= 11 is 0. The summed E-state index contributed by atoms with van der Waals surface area (Å²) in [5.41, 5.74) is 1.75. The Balaban J connectivity index is 1.32. The molecule has 1 saturated carbocycles. The number of nitrogens with zero attached hydrogens (tertiary/aromatic N) is 7. The highest BCUT2D eigenvalue weighted by Crippen LogP contribution is 2.36. The number of anilines is 1.